The summed E-state index contributed by atoms with van der Waals surface area (Å²) in [7, 11) is 0. The van der Waals surface area contributed by atoms with Gasteiger partial charge in [-0.25, -0.2) is 0 Å². The van der Waals surface area contributed by atoms with Gasteiger partial charge in [0.25, 0.3) is 0 Å². The van der Waals surface area contributed by atoms with E-state index in [1.807, 2.05) is 0 Å². The molecule has 0 bridgehead atoms. The minimum atomic E-state index is -0.721. The van der Waals surface area contributed by atoms with Crippen LogP contribution >= 0.6 is 12.4 Å². The molecule has 0 saturated carbocycles. The van der Waals surface area contributed by atoms with Crippen LogP contribution in [0.25, 0.3) is 0 Å². The maximum absolute atomic E-state index is 12.6. The van der Waals surface area contributed by atoms with E-state index in [0.717, 1.165) is 57.8 Å². The number of hydrogen-bond donors (Lipinski definition) is 1. The number of nitrogens with zero attached hydrogens (tertiary/aromatic N) is 2. The van der Waals surface area contributed by atoms with Gasteiger partial charge in [0.1, 0.15) is 12.7 Å². The van der Waals surface area contributed by atoms with Crippen LogP contribution in [0.5, 0.6) is 6.01 Å². The Morgan fingerprint density at radius 2 is 1.63 bits per heavy atom. The van der Waals surface area contributed by atoms with Gasteiger partial charge in [0.05, 0.1) is 0 Å². The largest absolute Gasteiger partial charge is 0.463 e. The summed E-state index contributed by atoms with van der Waals surface area (Å²) in [5, 5.41) is 7.72. The maximum Gasteiger partial charge on any atom is 0.306 e. The first-order valence-electron chi connectivity index (χ1n) is 12.8. The standard InChI is InChI=1S/C25H39N3O6.ClH/c1-3-5-7-9-11-13-20(29)31-17-18-22(33-21(30)14-12-10-8-6-4-2)23-24(32-18)28-16-15-19(26)27-25(28)34-23;/h15-16,18,22-24,26H,3-14,17H2,1-2H3;1H/t18-,22-,23+,24-;/m1./s1. The molecule has 35 heavy (non-hydrogen) atoms. The van der Waals surface area contributed by atoms with E-state index in [4.69, 9.17) is 24.4 Å². The molecule has 3 rings (SSSR count). The first-order chi connectivity index (χ1) is 16.5. The number of nitrogens with one attached hydrogen (secondary N) is 1. The van der Waals surface area contributed by atoms with E-state index in [1.165, 1.54) is 6.42 Å². The summed E-state index contributed by atoms with van der Waals surface area (Å²) in [5.41, 5.74) is 0.0799. The molecule has 1 N–H and O–H groups in total. The van der Waals surface area contributed by atoms with E-state index in [9.17, 15) is 9.59 Å². The lowest BCUT2D eigenvalue weighted by molar-refractivity contribution is -0.160. The van der Waals surface area contributed by atoms with Crippen molar-refractivity contribution >= 4 is 24.3 Å². The third-order valence-corrected chi connectivity index (χ3v) is 6.28. The molecule has 4 atom stereocenters. The Morgan fingerprint density at radius 3 is 2.29 bits per heavy atom. The summed E-state index contributed by atoms with van der Waals surface area (Å²) in [4.78, 5) is 28.9. The third kappa shape index (κ3) is 8.49. The van der Waals surface area contributed by atoms with Crippen molar-refractivity contribution in [2.24, 2.45) is 0 Å². The highest BCUT2D eigenvalue weighted by molar-refractivity contribution is 5.85. The van der Waals surface area contributed by atoms with Gasteiger partial charge in [-0.3, -0.25) is 19.6 Å². The van der Waals surface area contributed by atoms with Gasteiger partial charge in [-0.05, 0) is 18.9 Å². The summed E-state index contributed by atoms with van der Waals surface area (Å²) >= 11 is 0. The Bertz CT molecular complexity index is 864. The van der Waals surface area contributed by atoms with Gasteiger partial charge in [0.2, 0.25) is 0 Å². The van der Waals surface area contributed by atoms with Crippen LogP contribution in [0.4, 0.5) is 0 Å². The number of unbranched alkanes of at least 4 members (excludes halogenated alkanes) is 8. The van der Waals surface area contributed by atoms with Gasteiger partial charge in [-0.2, -0.15) is 4.98 Å². The minimum Gasteiger partial charge on any atom is -0.463 e. The predicted molar refractivity (Wildman–Crippen MR) is 131 cm³/mol. The van der Waals surface area contributed by atoms with Crippen LogP contribution in [0, 0.1) is 5.41 Å². The fourth-order valence-electron chi connectivity index (χ4n) is 4.35. The molecule has 2 aliphatic rings. The quantitative estimate of drug-likeness (QED) is 0.269. The first-order valence-corrected chi connectivity index (χ1v) is 12.8. The number of halogens is 1. The predicted octanol–water partition coefficient (Wildman–Crippen LogP) is 4.62. The van der Waals surface area contributed by atoms with Gasteiger partial charge in [0.15, 0.2) is 23.9 Å². The molecular formula is C25H40ClN3O6. The average molecular weight is 514 g/mol. The monoisotopic (exact) mass is 513 g/mol. The maximum atomic E-state index is 12.6. The van der Waals surface area contributed by atoms with Crippen LogP contribution in [0.2, 0.25) is 0 Å². The molecule has 198 valence electrons. The van der Waals surface area contributed by atoms with Gasteiger partial charge < -0.3 is 18.9 Å². The van der Waals surface area contributed by atoms with E-state index in [-0.39, 0.29) is 42.5 Å². The van der Waals surface area contributed by atoms with Gasteiger partial charge in [0, 0.05) is 19.0 Å². The van der Waals surface area contributed by atoms with Crippen LogP contribution in [-0.2, 0) is 23.8 Å². The second kappa shape index (κ2) is 15.1. The second-order valence-electron chi connectivity index (χ2n) is 9.12. The number of fused-ring (bicyclic) bond motifs is 3. The van der Waals surface area contributed by atoms with Gasteiger partial charge in [-0.1, -0.05) is 65.2 Å². The molecule has 0 aliphatic carbocycles. The van der Waals surface area contributed by atoms with Crippen molar-refractivity contribution in [3.8, 4) is 6.01 Å². The number of hydrogen-bond acceptors (Lipinski definition) is 8. The molecule has 2 aliphatic heterocycles. The zero-order valence-electron chi connectivity index (χ0n) is 20.9. The molecule has 0 aromatic carbocycles. The average Bonchev–Trinajstić information content (AvgIpc) is 3.33. The summed E-state index contributed by atoms with van der Waals surface area (Å²) in [6, 6.07) is 1.80. The zero-order valence-corrected chi connectivity index (χ0v) is 21.7. The Morgan fingerprint density at radius 1 is 1.00 bits per heavy atom. The summed E-state index contributed by atoms with van der Waals surface area (Å²) in [6.07, 6.45) is 10.3. The fourth-order valence-corrected chi connectivity index (χ4v) is 4.35. The zero-order chi connectivity index (χ0) is 24.3. The Balaban J connectivity index is 0.00000432. The molecule has 0 unspecified atom stereocenters. The van der Waals surface area contributed by atoms with E-state index in [1.54, 1.807) is 16.8 Å². The molecule has 3 heterocycles. The van der Waals surface area contributed by atoms with E-state index >= 15 is 0 Å². The third-order valence-electron chi connectivity index (χ3n) is 6.28. The second-order valence-corrected chi connectivity index (χ2v) is 9.12. The number of rotatable bonds is 15. The van der Waals surface area contributed by atoms with Crippen molar-refractivity contribution in [3.63, 3.8) is 0 Å². The van der Waals surface area contributed by atoms with Crippen LogP contribution in [-0.4, -0.2) is 46.4 Å². The molecule has 1 saturated heterocycles. The summed E-state index contributed by atoms with van der Waals surface area (Å²) in [5.74, 6) is -0.579. The molecule has 0 spiro atoms. The molecule has 9 nitrogen and oxygen atoms in total. The first kappa shape index (κ1) is 29.1. The van der Waals surface area contributed by atoms with Gasteiger partial charge >= 0.3 is 17.9 Å². The Hall–Kier alpha value is -2.13. The highest BCUT2D eigenvalue weighted by Crippen LogP contribution is 2.40. The number of aromatic nitrogens is 2. The van der Waals surface area contributed by atoms with Crippen LogP contribution in [0.1, 0.15) is 97.1 Å². The number of carbonyl (C=O) groups excluding carboxylic acids is 2. The van der Waals surface area contributed by atoms with Gasteiger partial charge in [-0.15, -0.1) is 12.4 Å². The van der Waals surface area contributed by atoms with Crippen molar-refractivity contribution < 1.29 is 28.5 Å². The molecule has 0 radical (unpaired) electrons. The fraction of sp³-hybridized carbons (Fsp3) is 0.760. The Labute approximate surface area is 213 Å². The smallest absolute Gasteiger partial charge is 0.306 e. The van der Waals surface area contributed by atoms with Crippen molar-refractivity contribution in [2.45, 2.75) is 115 Å². The summed E-state index contributed by atoms with van der Waals surface area (Å²) in [6.45, 7) is 4.31. The van der Waals surface area contributed by atoms with Crippen molar-refractivity contribution in [1.29, 1.82) is 5.41 Å². The van der Waals surface area contributed by atoms with E-state index in [2.05, 4.69) is 18.8 Å². The number of carbonyl (C=O) groups is 2. The molecule has 0 amide bonds. The normalized spacial score (nSPS) is 22.0. The number of ether oxygens (including phenoxy) is 4. The molecular weight excluding hydrogens is 474 g/mol. The van der Waals surface area contributed by atoms with Crippen molar-refractivity contribution in [3.05, 3.63) is 17.8 Å². The topological polar surface area (TPSA) is 113 Å². The van der Waals surface area contributed by atoms with E-state index < -0.39 is 24.5 Å². The Kier molecular flexibility index (Phi) is 12.5. The molecule has 1 aromatic rings. The molecule has 1 fully saturated rings. The minimum absolute atomic E-state index is 0. The van der Waals surface area contributed by atoms with Crippen LogP contribution in [0.15, 0.2) is 12.3 Å². The molecule has 10 heteroatoms. The highest BCUT2D eigenvalue weighted by Gasteiger charge is 2.54. The van der Waals surface area contributed by atoms with E-state index in [0.29, 0.717) is 12.8 Å². The lowest BCUT2D eigenvalue weighted by atomic mass is 10.1. The van der Waals surface area contributed by atoms with Crippen LogP contribution < -0.4 is 10.2 Å². The highest BCUT2D eigenvalue weighted by atomic mass is 35.5. The lowest BCUT2D eigenvalue weighted by Gasteiger charge is -2.22. The lowest BCUT2D eigenvalue weighted by Crippen LogP contribution is -2.40. The summed E-state index contributed by atoms with van der Waals surface area (Å²) < 4.78 is 25.0. The van der Waals surface area contributed by atoms with Crippen molar-refractivity contribution in [1.82, 2.24) is 9.55 Å². The van der Waals surface area contributed by atoms with Crippen LogP contribution in [0.3, 0.4) is 0 Å². The molecule has 1 aromatic heterocycles. The SMILES string of the molecule is CCCCCCCC(=O)OC[C@H]1O[C@@H]2[C@@H](Oc3nc(=N)ccn32)[C@@H]1OC(=O)CCCCCCC.Cl. The van der Waals surface area contributed by atoms with Crippen molar-refractivity contribution in [2.75, 3.05) is 6.61 Å². The number of esters is 2.